The van der Waals surface area contributed by atoms with Gasteiger partial charge in [0, 0.05) is 25.5 Å². The van der Waals surface area contributed by atoms with Gasteiger partial charge in [0.1, 0.15) is 5.56 Å². The Kier molecular flexibility index (Phi) is 5.63. The zero-order valence-electron chi connectivity index (χ0n) is 18.4. The van der Waals surface area contributed by atoms with Crippen LogP contribution in [0.5, 0.6) is 0 Å². The van der Waals surface area contributed by atoms with E-state index in [1.165, 1.54) is 5.56 Å². The molecule has 2 aromatic heterocycles. The highest BCUT2D eigenvalue weighted by molar-refractivity contribution is 5.98. The van der Waals surface area contributed by atoms with Crippen LogP contribution < -0.4 is 0 Å². The molecule has 0 spiro atoms. The lowest BCUT2D eigenvalue weighted by atomic mass is 9.90. The average molecular weight is 425 g/mol. The van der Waals surface area contributed by atoms with E-state index in [1.54, 1.807) is 0 Å². The van der Waals surface area contributed by atoms with Gasteiger partial charge in [0.2, 0.25) is 0 Å². The zero-order chi connectivity index (χ0) is 21.9. The quantitative estimate of drug-likeness (QED) is 0.449. The summed E-state index contributed by atoms with van der Waals surface area (Å²) in [4.78, 5) is 15.7. The van der Waals surface area contributed by atoms with E-state index < -0.39 is 0 Å². The van der Waals surface area contributed by atoms with Crippen LogP contribution in [0.4, 0.5) is 0 Å². The standard InChI is InChI=1S/C27H28N4O/c1-21-25(26(29-16-8-9-17-29)31(28-21)24-12-6-3-7-13-24)27(32)30-18-14-23(15-19-30)20-22-10-4-2-5-11-22/h2-13,16-17,23H,14-15,18-20H2,1H3. The third-order valence-electron chi connectivity index (χ3n) is 6.37. The predicted octanol–water partition coefficient (Wildman–Crippen LogP) is 5.07. The van der Waals surface area contributed by atoms with Crippen molar-refractivity contribution in [1.29, 1.82) is 0 Å². The zero-order valence-corrected chi connectivity index (χ0v) is 18.4. The first-order chi connectivity index (χ1) is 15.7. The summed E-state index contributed by atoms with van der Waals surface area (Å²) in [5.74, 6) is 1.50. The van der Waals surface area contributed by atoms with E-state index >= 15 is 0 Å². The molecule has 4 aromatic rings. The fourth-order valence-corrected chi connectivity index (χ4v) is 4.67. The molecule has 0 atom stereocenters. The van der Waals surface area contributed by atoms with Crippen molar-refractivity contribution in [2.75, 3.05) is 13.1 Å². The van der Waals surface area contributed by atoms with E-state index in [0.29, 0.717) is 11.5 Å². The van der Waals surface area contributed by atoms with Gasteiger partial charge in [-0.2, -0.15) is 5.10 Å². The Morgan fingerprint density at radius 3 is 2.19 bits per heavy atom. The molecule has 0 unspecified atom stereocenters. The monoisotopic (exact) mass is 424 g/mol. The Balaban J connectivity index is 1.40. The highest BCUT2D eigenvalue weighted by atomic mass is 16.2. The summed E-state index contributed by atoms with van der Waals surface area (Å²) in [5.41, 5.74) is 3.77. The van der Waals surface area contributed by atoms with Crippen LogP contribution in [0.15, 0.2) is 85.2 Å². The number of nitrogens with zero attached hydrogens (tertiary/aromatic N) is 4. The van der Waals surface area contributed by atoms with E-state index in [1.807, 2.05) is 75.9 Å². The van der Waals surface area contributed by atoms with Crippen LogP contribution in [0.2, 0.25) is 0 Å². The van der Waals surface area contributed by atoms with Gasteiger partial charge in [0.15, 0.2) is 5.82 Å². The lowest BCUT2D eigenvalue weighted by Gasteiger charge is -2.32. The molecule has 32 heavy (non-hydrogen) atoms. The lowest BCUT2D eigenvalue weighted by Crippen LogP contribution is -2.39. The van der Waals surface area contributed by atoms with Crippen molar-refractivity contribution in [2.24, 2.45) is 5.92 Å². The first-order valence-electron chi connectivity index (χ1n) is 11.3. The fraction of sp³-hybridized carbons (Fsp3) is 0.259. The summed E-state index contributed by atoms with van der Waals surface area (Å²) >= 11 is 0. The Morgan fingerprint density at radius 1 is 0.906 bits per heavy atom. The molecule has 0 saturated carbocycles. The number of benzene rings is 2. The molecule has 1 aliphatic rings. The Morgan fingerprint density at radius 2 is 1.53 bits per heavy atom. The summed E-state index contributed by atoms with van der Waals surface area (Å²) < 4.78 is 3.87. The Hall–Kier alpha value is -3.60. The maximum atomic E-state index is 13.7. The molecule has 0 radical (unpaired) electrons. The van der Waals surface area contributed by atoms with Gasteiger partial charge in [-0.25, -0.2) is 4.68 Å². The number of carbonyl (C=O) groups is 1. The molecule has 1 amide bonds. The van der Waals surface area contributed by atoms with Crippen molar-refractivity contribution in [1.82, 2.24) is 19.2 Å². The topological polar surface area (TPSA) is 43.1 Å². The lowest BCUT2D eigenvalue weighted by molar-refractivity contribution is 0.0690. The number of hydrogen-bond acceptors (Lipinski definition) is 2. The summed E-state index contributed by atoms with van der Waals surface area (Å²) in [6, 6.07) is 24.6. The van der Waals surface area contributed by atoms with Gasteiger partial charge in [0.25, 0.3) is 5.91 Å². The summed E-state index contributed by atoms with van der Waals surface area (Å²) in [7, 11) is 0. The number of aromatic nitrogens is 3. The molecule has 5 nitrogen and oxygen atoms in total. The minimum atomic E-state index is 0.0755. The number of likely N-dealkylation sites (tertiary alicyclic amines) is 1. The molecule has 1 fully saturated rings. The number of piperidine rings is 1. The molecule has 5 heteroatoms. The normalized spacial score (nSPS) is 14.6. The first kappa shape index (κ1) is 20.3. The number of para-hydroxylation sites is 1. The molecule has 3 heterocycles. The molecular weight excluding hydrogens is 396 g/mol. The number of rotatable bonds is 5. The van der Waals surface area contributed by atoms with E-state index in [9.17, 15) is 4.79 Å². The number of amides is 1. The van der Waals surface area contributed by atoms with Gasteiger partial charge in [-0.1, -0.05) is 48.5 Å². The Bertz CT molecular complexity index is 1170. The number of hydrogen-bond donors (Lipinski definition) is 0. The molecule has 1 aliphatic heterocycles. The van der Waals surface area contributed by atoms with Gasteiger partial charge < -0.3 is 9.47 Å². The first-order valence-corrected chi connectivity index (χ1v) is 11.3. The Labute approximate surface area is 188 Å². The van der Waals surface area contributed by atoms with Crippen LogP contribution in [0.3, 0.4) is 0 Å². The van der Waals surface area contributed by atoms with Crippen molar-refractivity contribution >= 4 is 5.91 Å². The average Bonchev–Trinajstić information content (AvgIpc) is 3.48. The minimum absolute atomic E-state index is 0.0755. The maximum Gasteiger partial charge on any atom is 0.259 e. The third-order valence-corrected chi connectivity index (χ3v) is 6.37. The van der Waals surface area contributed by atoms with Gasteiger partial charge in [-0.05, 0) is 61.9 Å². The van der Waals surface area contributed by atoms with Crippen molar-refractivity contribution in [3.63, 3.8) is 0 Å². The number of aryl methyl sites for hydroxylation is 1. The van der Waals surface area contributed by atoms with Gasteiger partial charge in [-0.15, -0.1) is 0 Å². The van der Waals surface area contributed by atoms with E-state index in [4.69, 9.17) is 5.10 Å². The second-order valence-electron chi connectivity index (χ2n) is 8.55. The van der Waals surface area contributed by atoms with Crippen LogP contribution in [0.25, 0.3) is 11.5 Å². The summed E-state index contributed by atoms with van der Waals surface area (Å²) in [5, 5.41) is 4.77. The third kappa shape index (κ3) is 3.98. The van der Waals surface area contributed by atoms with Crippen molar-refractivity contribution in [3.05, 3.63) is 102 Å². The SMILES string of the molecule is Cc1nn(-c2ccccc2)c(-n2cccc2)c1C(=O)N1CCC(Cc2ccccc2)CC1. The van der Waals surface area contributed by atoms with E-state index in [-0.39, 0.29) is 5.91 Å². The summed E-state index contributed by atoms with van der Waals surface area (Å²) in [6.07, 6.45) is 7.09. The molecule has 162 valence electrons. The molecule has 5 rings (SSSR count). The molecule has 1 saturated heterocycles. The second-order valence-corrected chi connectivity index (χ2v) is 8.55. The van der Waals surface area contributed by atoms with Crippen LogP contribution in [-0.2, 0) is 6.42 Å². The van der Waals surface area contributed by atoms with Crippen molar-refractivity contribution < 1.29 is 4.79 Å². The van der Waals surface area contributed by atoms with Crippen LogP contribution in [0.1, 0.15) is 34.5 Å². The van der Waals surface area contributed by atoms with Gasteiger partial charge >= 0.3 is 0 Å². The van der Waals surface area contributed by atoms with Crippen LogP contribution in [-0.4, -0.2) is 38.2 Å². The van der Waals surface area contributed by atoms with Crippen LogP contribution in [0, 0.1) is 12.8 Å². The molecule has 0 bridgehead atoms. The van der Waals surface area contributed by atoms with E-state index in [0.717, 1.165) is 49.6 Å². The largest absolute Gasteiger partial charge is 0.338 e. The van der Waals surface area contributed by atoms with Crippen LogP contribution >= 0.6 is 0 Å². The van der Waals surface area contributed by atoms with E-state index in [2.05, 4.69) is 30.3 Å². The molecular formula is C27H28N4O. The second kappa shape index (κ2) is 8.87. The van der Waals surface area contributed by atoms with Gasteiger partial charge in [-0.3, -0.25) is 4.79 Å². The molecule has 0 N–H and O–H groups in total. The van der Waals surface area contributed by atoms with Crippen molar-refractivity contribution in [3.8, 4) is 11.5 Å². The summed E-state index contributed by atoms with van der Waals surface area (Å²) in [6.45, 7) is 3.51. The maximum absolute atomic E-state index is 13.7. The predicted molar refractivity (Wildman–Crippen MR) is 126 cm³/mol. The minimum Gasteiger partial charge on any atom is -0.338 e. The highest BCUT2D eigenvalue weighted by Crippen LogP contribution is 2.27. The smallest absolute Gasteiger partial charge is 0.259 e. The van der Waals surface area contributed by atoms with Crippen molar-refractivity contribution in [2.45, 2.75) is 26.2 Å². The highest BCUT2D eigenvalue weighted by Gasteiger charge is 2.30. The molecule has 0 aliphatic carbocycles. The van der Waals surface area contributed by atoms with Gasteiger partial charge in [0.05, 0.1) is 11.4 Å². The molecule has 2 aromatic carbocycles. The number of carbonyl (C=O) groups excluding carboxylic acids is 1. The fourth-order valence-electron chi connectivity index (χ4n) is 4.67.